The molecule has 1 aliphatic rings. The van der Waals surface area contributed by atoms with Gasteiger partial charge in [-0.25, -0.2) is 4.79 Å². The summed E-state index contributed by atoms with van der Waals surface area (Å²) in [5.74, 6) is -1.02. The van der Waals surface area contributed by atoms with Gasteiger partial charge in [0.25, 0.3) is 0 Å². The smallest absolute Gasteiger partial charge is 0.269 e. The summed E-state index contributed by atoms with van der Waals surface area (Å²) in [4.78, 5) is 33.9. The SMILES string of the molecule is CC(C)CCCN1C(=O)NC(=O)C1=O. The number of amides is 4. The van der Waals surface area contributed by atoms with Gasteiger partial charge in [0.05, 0.1) is 0 Å². The molecule has 0 aromatic carbocycles. The summed E-state index contributed by atoms with van der Waals surface area (Å²) in [6, 6.07) is -0.594. The third-order valence-corrected chi connectivity index (χ3v) is 2.07. The van der Waals surface area contributed by atoms with Gasteiger partial charge in [0.1, 0.15) is 0 Å². The second-order valence-electron chi connectivity index (χ2n) is 3.75. The van der Waals surface area contributed by atoms with Crippen LogP contribution in [0.1, 0.15) is 26.7 Å². The van der Waals surface area contributed by atoms with Crippen LogP contribution in [0, 0.1) is 5.92 Å². The van der Waals surface area contributed by atoms with Gasteiger partial charge < -0.3 is 0 Å². The zero-order valence-corrected chi connectivity index (χ0v) is 8.37. The zero-order chi connectivity index (χ0) is 10.7. The number of carbonyl (C=O) groups excluding carboxylic acids is 3. The Balaban J connectivity index is 2.41. The first-order chi connectivity index (χ1) is 6.52. The van der Waals surface area contributed by atoms with E-state index >= 15 is 0 Å². The number of nitrogens with one attached hydrogen (secondary N) is 1. The standard InChI is InChI=1S/C9H14N2O3/c1-6(2)4-3-5-11-8(13)7(12)10-9(11)14/h6H,3-5H2,1-2H3,(H,10,12,14). The topological polar surface area (TPSA) is 66.5 Å². The molecule has 1 aliphatic heterocycles. The molecule has 0 radical (unpaired) electrons. The van der Waals surface area contributed by atoms with Crippen molar-refractivity contribution in [2.24, 2.45) is 5.92 Å². The molecule has 0 saturated carbocycles. The third kappa shape index (κ3) is 2.31. The summed E-state index contributed by atoms with van der Waals surface area (Å²) in [5.41, 5.74) is 0. The fourth-order valence-corrected chi connectivity index (χ4v) is 1.29. The highest BCUT2D eigenvalue weighted by molar-refractivity contribution is 6.44. The van der Waals surface area contributed by atoms with Crippen LogP contribution in [0.2, 0.25) is 0 Å². The summed E-state index contributed by atoms with van der Waals surface area (Å²) in [5, 5.41) is 1.95. The van der Waals surface area contributed by atoms with Gasteiger partial charge in [0.2, 0.25) is 0 Å². The Hall–Kier alpha value is -1.39. The Bertz CT molecular complexity index is 273. The Labute approximate surface area is 82.4 Å². The van der Waals surface area contributed by atoms with Crippen molar-refractivity contribution in [1.82, 2.24) is 10.2 Å². The van der Waals surface area contributed by atoms with Crippen molar-refractivity contribution in [1.29, 1.82) is 0 Å². The van der Waals surface area contributed by atoms with Gasteiger partial charge in [0, 0.05) is 6.54 Å². The first-order valence-corrected chi connectivity index (χ1v) is 4.69. The van der Waals surface area contributed by atoms with E-state index in [0.29, 0.717) is 12.5 Å². The molecule has 0 spiro atoms. The summed E-state index contributed by atoms with van der Waals surface area (Å²) in [7, 11) is 0. The van der Waals surface area contributed by atoms with Gasteiger partial charge in [-0.3, -0.25) is 19.8 Å². The van der Waals surface area contributed by atoms with Crippen molar-refractivity contribution >= 4 is 17.8 Å². The van der Waals surface area contributed by atoms with E-state index in [0.717, 1.165) is 17.7 Å². The van der Waals surface area contributed by atoms with Crippen LogP contribution in [0.4, 0.5) is 4.79 Å². The second kappa shape index (κ2) is 4.21. The molecule has 1 heterocycles. The van der Waals surface area contributed by atoms with E-state index in [4.69, 9.17) is 0 Å². The molecule has 0 atom stereocenters. The Morgan fingerprint density at radius 3 is 2.36 bits per heavy atom. The number of rotatable bonds is 4. The van der Waals surface area contributed by atoms with Crippen molar-refractivity contribution < 1.29 is 14.4 Å². The number of hydrogen-bond donors (Lipinski definition) is 1. The average molecular weight is 198 g/mol. The molecule has 1 fully saturated rings. The van der Waals surface area contributed by atoms with Crippen LogP contribution in [-0.4, -0.2) is 29.3 Å². The fraction of sp³-hybridized carbons (Fsp3) is 0.667. The number of nitrogens with zero attached hydrogens (tertiary/aromatic N) is 1. The van der Waals surface area contributed by atoms with Gasteiger partial charge >= 0.3 is 17.8 Å². The molecular weight excluding hydrogens is 184 g/mol. The van der Waals surface area contributed by atoms with E-state index in [1.54, 1.807) is 0 Å². The number of carbonyl (C=O) groups is 3. The molecule has 0 aromatic heterocycles. The molecule has 0 bridgehead atoms. The molecule has 5 nitrogen and oxygen atoms in total. The van der Waals surface area contributed by atoms with Crippen molar-refractivity contribution in [3.05, 3.63) is 0 Å². The molecule has 0 unspecified atom stereocenters. The lowest BCUT2D eigenvalue weighted by molar-refractivity contribution is -0.140. The highest BCUT2D eigenvalue weighted by Gasteiger charge is 2.36. The monoisotopic (exact) mass is 198 g/mol. The predicted molar refractivity (Wildman–Crippen MR) is 49.3 cm³/mol. The molecule has 5 heteroatoms. The molecule has 14 heavy (non-hydrogen) atoms. The van der Waals surface area contributed by atoms with Crippen molar-refractivity contribution in [2.45, 2.75) is 26.7 Å². The zero-order valence-electron chi connectivity index (χ0n) is 8.37. The van der Waals surface area contributed by atoms with Crippen molar-refractivity contribution in [3.8, 4) is 0 Å². The van der Waals surface area contributed by atoms with E-state index in [-0.39, 0.29) is 0 Å². The van der Waals surface area contributed by atoms with Crippen molar-refractivity contribution in [2.75, 3.05) is 6.54 Å². The largest absolute Gasteiger partial charge is 0.331 e. The molecule has 1 N–H and O–H groups in total. The number of hydrogen-bond acceptors (Lipinski definition) is 3. The lowest BCUT2D eigenvalue weighted by atomic mass is 10.1. The summed E-state index contributed by atoms with van der Waals surface area (Å²) in [6.45, 7) is 4.46. The van der Waals surface area contributed by atoms with Crippen LogP contribution in [-0.2, 0) is 9.59 Å². The molecule has 78 valence electrons. The van der Waals surface area contributed by atoms with Crippen LogP contribution in [0.25, 0.3) is 0 Å². The molecule has 1 saturated heterocycles. The normalized spacial score (nSPS) is 16.8. The lowest BCUT2D eigenvalue weighted by Gasteiger charge is -2.11. The summed E-state index contributed by atoms with van der Waals surface area (Å²) < 4.78 is 0. The van der Waals surface area contributed by atoms with Gasteiger partial charge in [0.15, 0.2) is 0 Å². The number of urea groups is 1. The predicted octanol–water partition coefficient (Wildman–Crippen LogP) is 0.501. The minimum absolute atomic E-state index is 0.328. The Morgan fingerprint density at radius 1 is 1.29 bits per heavy atom. The third-order valence-electron chi connectivity index (χ3n) is 2.07. The van der Waals surface area contributed by atoms with E-state index < -0.39 is 17.8 Å². The van der Waals surface area contributed by atoms with E-state index in [9.17, 15) is 14.4 Å². The minimum atomic E-state index is -0.820. The maximum Gasteiger partial charge on any atom is 0.331 e. The molecule has 1 rings (SSSR count). The molecular formula is C9H14N2O3. The molecule has 4 amide bonds. The maximum atomic E-state index is 11.1. The average Bonchev–Trinajstić information content (AvgIpc) is 2.31. The van der Waals surface area contributed by atoms with Crippen LogP contribution >= 0.6 is 0 Å². The first kappa shape index (κ1) is 10.7. The molecule has 0 aliphatic carbocycles. The summed E-state index contributed by atoms with van der Waals surface area (Å²) >= 11 is 0. The summed E-state index contributed by atoms with van der Waals surface area (Å²) in [6.07, 6.45) is 1.68. The van der Waals surface area contributed by atoms with Gasteiger partial charge in [-0.1, -0.05) is 13.8 Å². The minimum Gasteiger partial charge on any atom is -0.269 e. The van der Waals surface area contributed by atoms with E-state index in [2.05, 4.69) is 13.8 Å². The highest BCUT2D eigenvalue weighted by Crippen LogP contribution is 2.07. The first-order valence-electron chi connectivity index (χ1n) is 4.69. The van der Waals surface area contributed by atoms with Crippen LogP contribution < -0.4 is 5.32 Å². The van der Waals surface area contributed by atoms with E-state index in [1.807, 2.05) is 5.32 Å². The van der Waals surface area contributed by atoms with Crippen LogP contribution in [0.3, 0.4) is 0 Å². The van der Waals surface area contributed by atoms with Gasteiger partial charge in [-0.05, 0) is 18.8 Å². The Morgan fingerprint density at radius 2 is 1.93 bits per heavy atom. The van der Waals surface area contributed by atoms with Crippen molar-refractivity contribution in [3.63, 3.8) is 0 Å². The van der Waals surface area contributed by atoms with Crippen LogP contribution in [0.5, 0.6) is 0 Å². The Kier molecular flexibility index (Phi) is 3.22. The van der Waals surface area contributed by atoms with Crippen LogP contribution in [0.15, 0.2) is 0 Å². The van der Waals surface area contributed by atoms with Gasteiger partial charge in [-0.2, -0.15) is 0 Å². The second-order valence-corrected chi connectivity index (χ2v) is 3.75. The molecule has 0 aromatic rings. The fourth-order valence-electron chi connectivity index (χ4n) is 1.29. The lowest BCUT2D eigenvalue weighted by Crippen LogP contribution is -2.32. The number of imide groups is 2. The van der Waals surface area contributed by atoms with E-state index in [1.165, 1.54) is 0 Å². The highest BCUT2D eigenvalue weighted by atomic mass is 16.2. The van der Waals surface area contributed by atoms with Gasteiger partial charge in [-0.15, -0.1) is 0 Å². The quantitative estimate of drug-likeness (QED) is 0.528. The maximum absolute atomic E-state index is 11.1.